The molecule has 0 aliphatic carbocycles. The van der Waals surface area contributed by atoms with Crippen LogP contribution in [0.2, 0.25) is 0 Å². The molecule has 4 rings (SSSR count). The van der Waals surface area contributed by atoms with Gasteiger partial charge in [0.25, 0.3) is 11.8 Å². The van der Waals surface area contributed by atoms with Crippen LogP contribution in [0.4, 0.5) is 0 Å². The molecule has 7 nitrogen and oxygen atoms in total. The minimum absolute atomic E-state index is 0.218. The van der Waals surface area contributed by atoms with Gasteiger partial charge in [-0.15, -0.1) is 0 Å². The van der Waals surface area contributed by atoms with Gasteiger partial charge in [0.1, 0.15) is 12.3 Å². The molecule has 29 heavy (non-hydrogen) atoms. The van der Waals surface area contributed by atoms with Crippen LogP contribution in [0.1, 0.15) is 32.0 Å². The first-order valence-corrected chi connectivity index (χ1v) is 9.67. The number of nitrogens with zero attached hydrogens (tertiary/aromatic N) is 3. The standard InChI is InChI=1S/C21H16BrN3O4/c22-15-5-6-17-18(9-15)21(28)25(20(17)27)13-19(26)24(12-16-4-2-8-29-16)11-14-3-1-7-23-10-14/h1-10H,11-13H2. The minimum atomic E-state index is -0.473. The molecular weight excluding hydrogens is 438 g/mol. The second-order valence-corrected chi connectivity index (χ2v) is 7.49. The van der Waals surface area contributed by atoms with Crippen molar-refractivity contribution in [2.24, 2.45) is 0 Å². The largest absolute Gasteiger partial charge is 0.467 e. The molecule has 3 amide bonds. The Kier molecular flexibility index (Phi) is 5.26. The molecule has 2 aromatic heterocycles. The smallest absolute Gasteiger partial charge is 0.262 e. The fourth-order valence-corrected chi connectivity index (χ4v) is 3.54. The van der Waals surface area contributed by atoms with Crippen LogP contribution >= 0.6 is 15.9 Å². The van der Waals surface area contributed by atoms with Crippen molar-refractivity contribution >= 4 is 33.7 Å². The molecule has 0 atom stereocenters. The van der Waals surface area contributed by atoms with Crippen LogP contribution in [0.15, 0.2) is 70.0 Å². The maximum Gasteiger partial charge on any atom is 0.262 e. The van der Waals surface area contributed by atoms with Gasteiger partial charge in [0, 0.05) is 23.4 Å². The van der Waals surface area contributed by atoms with Crippen LogP contribution < -0.4 is 0 Å². The van der Waals surface area contributed by atoms with Crippen molar-refractivity contribution in [2.75, 3.05) is 6.54 Å². The highest BCUT2D eigenvalue weighted by Gasteiger charge is 2.37. The zero-order chi connectivity index (χ0) is 20.4. The quantitative estimate of drug-likeness (QED) is 0.534. The van der Waals surface area contributed by atoms with E-state index in [2.05, 4.69) is 20.9 Å². The third kappa shape index (κ3) is 3.97. The van der Waals surface area contributed by atoms with Gasteiger partial charge in [-0.1, -0.05) is 22.0 Å². The molecule has 0 N–H and O–H groups in total. The third-order valence-electron chi connectivity index (χ3n) is 4.60. The summed E-state index contributed by atoms with van der Waals surface area (Å²) in [5.41, 5.74) is 1.43. The van der Waals surface area contributed by atoms with Crippen LogP contribution in [0, 0.1) is 0 Å². The van der Waals surface area contributed by atoms with Gasteiger partial charge in [0.05, 0.1) is 23.9 Å². The van der Waals surface area contributed by atoms with E-state index in [4.69, 9.17) is 4.42 Å². The number of fused-ring (bicyclic) bond motifs is 1. The molecule has 0 saturated carbocycles. The summed E-state index contributed by atoms with van der Waals surface area (Å²) in [5.74, 6) is -0.698. The Bertz CT molecular complexity index is 1070. The number of carbonyl (C=O) groups is 3. The maximum atomic E-state index is 13.0. The number of imide groups is 1. The van der Waals surface area contributed by atoms with Gasteiger partial charge in [-0.25, -0.2) is 0 Å². The average Bonchev–Trinajstić information content (AvgIpc) is 3.31. The van der Waals surface area contributed by atoms with Gasteiger partial charge < -0.3 is 9.32 Å². The van der Waals surface area contributed by atoms with Crippen molar-refractivity contribution in [1.29, 1.82) is 0 Å². The van der Waals surface area contributed by atoms with Crippen LogP contribution in [-0.2, 0) is 17.9 Å². The van der Waals surface area contributed by atoms with Crippen LogP contribution in [0.3, 0.4) is 0 Å². The van der Waals surface area contributed by atoms with Crippen molar-refractivity contribution < 1.29 is 18.8 Å². The van der Waals surface area contributed by atoms with Gasteiger partial charge in [-0.3, -0.25) is 24.3 Å². The van der Waals surface area contributed by atoms with E-state index in [0.717, 1.165) is 10.5 Å². The predicted molar refractivity (Wildman–Crippen MR) is 107 cm³/mol. The van der Waals surface area contributed by atoms with Gasteiger partial charge in [0.15, 0.2) is 0 Å². The van der Waals surface area contributed by atoms with E-state index in [9.17, 15) is 14.4 Å². The average molecular weight is 454 g/mol. The SMILES string of the molecule is O=C(CN1C(=O)c2ccc(Br)cc2C1=O)N(Cc1cccnc1)Cc1ccco1. The number of carbonyl (C=O) groups excluding carboxylic acids is 3. The minimum Gasteiger partial charge on any atom is -0.467 e. The van der Waals surface area contributed by atoms with Crippen LogP contribution in [0.25, 0.3) is 0 Å². The van der Waals surface area contributed by atoms with Crippen molar-refractivity contribution in [3.63, 3.8) is 0 Å². The third-order valence-corrected chi connectivity index (χ3v) is 5.10. The van der Waals surface area contributed by atoms with E-state index < -0.39 is 11.8 Å². The van der Waals surface area contributed by atoms with Crippen molar-refractivity contribution in [3.8, 4) is 0 Å². The number of benzene rings is 1. The van der Waals surface area contributed by atoms with E-state index in [1.807, 2.05) is 6.07 Å². The number of hydrogen-bond acceptors (Lipinski definition) is 5. The molecule has 3 aromatic rings. The van der Waals surface area contributed by atoms with Crippen molar-refractivity contribution in [1.82, 2.24) is 14.8 Å². The maximum absolute atomic E-state index is 13.0. The first-order valence-electron chi connectivity index (χ1n) is 8.88. The summed E-state index contributed by atoms with van der Waals surface area (Å²) in [6, 6.07) is 12.0. The Labute approximate surface area is 175 Å². The number of halogens is 1. The molecule has 1 aliphatic rings. The van der Waals surface area contributed by atoms with Crippen molar-refractivity contribution in [2.45, 2.75) is 13.1 Å². The summed E-state index contributed by atoms with van der Waals surface area (Å²) in [7, 11) is 0. The lowest BCUT2D eigenvalue weighted by Gasteiger charge is -2.24. The van der Waals surface area contributed by atoms with Gasteiger partial charge >= 0.3 is 0 Å². The second kappa shape index (κ2) is 8.00. The highest BCUT2D eigenvalue weighted by Crippen LogP contribution is 2.26. The zero-order valence-corrected chi connectivity index (χ0v) is 16.8. The highest BCUT2D eigenvalue weighted by molar-refractivity contribution is 9.10. The number of aromatic nitrogens is 1. The number of amides is 3. The first-order chi connectivity index (χ1) is 14.0. The van der Waals surface area contributed by atoms with E-state index >= 15 is 0 Å². The lowest BCUT2D eigenvalue weighted by molar-refractivity contribution is -0.133. The van der Waals surface area contributed by atoms with Gasteiger partial charge in [-0.05, 0) is 42.0 Å². The second-order valence-electron chi connectivity index (χ2n) is 6.58. The van der Waals surface area contributed by atoms with Gasteiger partial charge in [0.2, 0.25) is 5.91 Å². The first kappa shape index (κ1) is 19.1. The van der Waals surface area contributed by atoms with E-state index in [1.165, 1.54) is 11.2 Å². The molecule has 3 heterocycles. The van der Waals surface area contributed by atoms with E-state index in [1.54, 1.807) is 48.8 Å². The fourth-order valence-electron chi connectivity index (χ4n) is 3.18. The van der Waals surface area contributed by atoms with E-state index in [0.29, 0.717) is 21.4 Å². The normalized spacial score (nSPS) is 12.9. The molecule has 0 fully saturated rings. The molecule has 0 bridgehead atoms. The summed E-state index contributed by atoms with van der Waals surface area (Å²) in [6.45, 7) is 0.155. The Morgan fingerprint density at radius 3 is 2.62 bits per heavy atom. The molecule has 146 valence electrons. The lowest BCUT2D eigenvalue weighted by Crippen LogP contribution is -2.42. The summed E-state index contributed by atoms with van der Waals surface area (Å²) < 4.78 is 6.06. The Hall–Kier alpha value is -3.26. The summed E-state index contributed by atoms with van der Waals surface area (Å²) >= 11 is 3.30. The molecular formula is C21H16BrN3O4. The van der Waals surface area contributed by atoms with Gasteiger partial charge in [-0.2, -0.15) is 0 Å². The lowest BCUT2D eigenvalue weighted by atomic mass is 10.1. The molecule has 1 aromatic carbocycles. The molecule has 8 heteroatoms. The number of furan rings is 1. The monoisotopic (exact) mass is 453 g/mol. The molecule has 0 saturated heterocycles. The molecule has 0 radical (unpaired) electrons. The highest BCUT2D eigenvalue weighted by atomic mass is 79.9. The summed E-state index contributed by atoms with van der Waals surface area (Å²) in [5, 5.41) is 0. The summed E-state index contributed by atoms with van der Waals surface area (Å²) in [6.07, 6.45) is 4.85. The molecule has 1 aliphatic heterocycles. The zero-order valence-electron chi connectivity index (χ0n) is 15.2. The van der Waals surface area contributed by atoms with Crippen molar-refractivity contribution in [3.05, 3.63) is 88.0 Å². The van der Waals surface area contributed by atoms with Crippen LogP contribution in [0.5, 0.6) is 0 Å². The number of rotatable bonds is 6. The fraction of sp³-hybridized carbons (Fsp3) is 0.143. The van der Waals surface area contributed by atoms with E-state index in [-0.39, 0.29) is 25.5 Å². The molecule has 0 unspecified atom stereocenters. The number of pyridine rings is 1. The Balaban J connectivity index is 1.55. The van der Waals surface area contributed by atoms with Crippen LogP contribution in [-0.4, -0.2) is 39.1 Å². The Morgan fingerprint density at radius 1 is 1.07 bits per heavy atom. The predicted octanol–water partition coefficient (Wildman–Crippen LogP) is 3.26. The topological polar surface area (TPSA) is 83.7 Å². The number of hydrogen-bond donors (Lipinski definition) is 0. The molecule has 0 spiro atoms. The summed E-state index contributed by atoms with van der Waals surface area (Å²) in [4.78, 5) is 45.0. The Morgan fingerprint density at radius 2 is 1.90 bits per heavy atom.